The maximum absolute atomic E-state index is 13.3. The van der Waals surface area contributed by atoms with Gasteiger partial charge >= 0.3 is 0 Å². The van der Waals surface area contributed by atoms with Crippen molar-refractivity contribution in [1.29, 1.82) is 0 Å². The smallest absolute Gasteiger partial charge is 0.264 e. The van der Waals surface area contributed by atoms with Crippen LogP contribution in [-0.4, -0.2) is 33.7 Å². The van der Waals surface area contributed by atoms with Crippen molar-refractivity contribution < 1.29 is 17.9 Å². The molecular weight excluding hydrogens is 485 g/mol. The number of benzene rings is 3. The van der Waals surface area contributed by atoms with Gasteiger partial charge in [-0.15, -0.1) is 0 Å². The van der Waals surface area contributed by atoms with Gasteiger partial charge in [0.25, 0.3) is 15.9 Å². The number of nitrogens with zero attached hydrogens (tertiary/aromatic N) is 2. The molecule has 0 unspecified atom stereocenters. The first kappa shape index (κ1) is 24.6. The highest BCUT2D eigenvalue weighted by Gasteiger charge is 2.27. The number of carbonyl (C=O) groups is 1. The van der Waals surface area contributed by atoms with Gasteiger partial charge in [0.15, 0.2) is 0 Å². The number of hydrogen-bond donors (Lipinski definition) is 1. The fourth-order valence-corrected chi connectivity index (χ4v) is 4.60. The Morgan fingerprint density at radius 1 is 1.03 bits per heavy atom. The number of carbonyl (C=O) groups excluding carboxylic acids is 1. The van der Waals surface area contributed by atoms with Crippen molar-refractivity contribution in [3.05, 3.63) is 88.4 Å². The fraction of sp³-hybridized carbons (Fsp3) is 0.130. The summed E-state index contributed by atoms with van der Waals surface area (Å²) in [5, 5.41) is 4.63. The lowest BCUT2D eigenvalue weighted by molar-refractivity contribution is -0.119. The Balaban J connectivity index is 1.82. The molecule has 0 atom stereocenters. The molecule has 1 amide bonds. The van der Waals surface area contributed by atoms with Gasteiger partial charge in [-0.05, 0) is 61.0 Å². The summed E-state index contributed by atoms with van der Waals surface area (Å²) in [6.45, 7) is 1.84. The van der Waals surface area contributed by atoms with E-state index in [0.29, 0.717) is 33.7 Å². The summed E-state index contributed by atoms with van der Waals surface area (Å²) in [6.07, 6.45) is 1.38. The van der Waals surface area contributed by atoms with Crippen molar-refractivity contribution in [1.82, 2.24) is 5.43 Å². The number of hydrazone groups is 1. The molecule has 0 radical (unpaired) electrons. The van der Waals surface area contributed by atoms with Gasteiger partial charge in [0.05, 0.1) is 33.4 Å². The van der Waals surface area contributed by atoms with Crippen molar-refractivity contribution in [3.8, 4) is 5.75 Å². The summed E-state index contributed by atoms with van der Waals surface area (Å²) in [6, 6.07) is 19.2. The summed E-state index contributed by atoms with van der Waals surface area (Å²) in [5.74, 6) is -0.0336. The lowest BCUT2D eigenvalue weighted by Crippen LogP contribution is -2.39. The summed E-state index contributed by atoms with van der Waals surface area (Å²) < 4.78 is 33.0. The molecule has 172 valence electrons. The van der Waals surface area contributed by atoms with Gasteiger partial charge in [-0.1, -0.05) is 47.5 Å². The number of nitrogens with one attached hydrogen (secondary N) is 1. The van der Waals surface area contributed by atoms with Crippen LogP contribution in [0.25, 0.3) is 0 Å². The molecule has 33 heavy (non-hydrogen) atoms. The highest BCUT2D eigenvalue weighted by molar-refractivity contribution is 7.92. The number of ether oxygens (including phenoxy) is 1. The Morgan fingerprint density at radius 3 is 2.36 bits per heavy atom. The number of amides is 1. The second-order valence-electron chi connectivity index (χ2n) is 6.72. The molecule has 3 rings (SSSR count). The number of rotatable bonds is 9. The van der Waals surface area contributed by atoms with Gasteiger partial charge in [0.2, 0.25) is 0 Å². The molecule has 10 heteroatoms. The van der Waals surface area contributed by atoms with E-state index in [4.69, 9.17) is 27.9 Å². The van der Waals surface area contributed by atoms with Crippen LogP contribution in [0.5, 0.6) is 5.75 Å². The molecule has 0 saturated heterocycles. The standard InChI is InChI=1S/C23H21Cl2N3O4S/c1-2-32-19-11-9-18(10-12-19)28(33(30,31)20-6-4-3-5-7-20)16-23(29)27-26-15-17-8-13-21(24)22(25)14-17/h3-15H,2,16H2,1H3,(H,27,29)/b26-15-. The quantitative estimate of drug-likeness (QED) is 0.336. The predicted molar refractivity (Wildman–Crippen MR) is 131 cm³/mol. The van der Waals surface area contributed by atoms with Crippen molar-refractivity contribution in [2.24, 2.45) is 5.10 Å². The van der Waals surface area contributed by atoms with Crippen LogP contribution in [-0.2, 0) is 14.8 Å². The largest absolute Gasteiger partial charge is 0.494 e. The first-order valence-electron chi connectivity index (χ1n) is 9.89. The van der Waals surface area contributed by atoms with E-state index in [1.807, 2.05) is 6.92 Å². The first-order chi connectivity index (χ1) is 15.8. The molecule has 0 aliphatic carbocycles. The predicted octanol–water partition coefficient (Wildman–Crippen LogP) is 4.74. The zero-order chi connectivity index (χ0) is 23.8. The molecule has 7 nitrogen and oxygen atoms in total. The van der Waals surface area contributed by atoms with Crippen LogP contribution in [0, 0.1) is 0 Å². The summed E-state index contributed by atoms with van der Waals surface area (Å²) in [5.41, 5.74) is 3.27. The van der Waals surface area contributed by atoms with Crippen LogP contribution in [0.15, 0.2) is 82.8 Å². The zero-order valence-electron chi connectivity index (χ0n) is 17.6. The Kier molecular flexibility index (Phi) is 8.32. The van der Waals surface area contributed by atoms with E-state index in [0.717, 1.165) is 4.31 Å². The minimum Gasteiger partial charge on any atom is -0.494 e. The molecule has 0 heterocycles. The molecule has 0 bridgehead atoms. The lowest BCUT2D eigenvalue weighted by atomic mass is 10.2. The molecule has 0 aliphatic rings. The number of hydrogen-bond acceptors (Lipinski definition) is 5. The van der Waals surface area contributed by atoms with Crippen LogP contribution >= 0.6 is 23.2 Å². The molecular formula is C23H21Cl2N3O4S. The molecule has 3 aromatic rings. The third kappa shape index (κ3) is 6.47. The van der Waals surface area contributed by atoms with Crippen LogP contribution in [0.4, 0.5) is 5.69 Å². The van der Waals surface area contributed by atoms with Crippen molar-refractivity contribution in [2.75, 3.05) is 17.5 Å². The van der Waals surface area contributed by atoms with Gasteiger partial charge in [-0.2, -0.15) is 5.10 Å². The van der Waals surface area contributed by atoms with Crippen LogP contribution < -0.4 is 14.5 Å². The SMILES string of the molecule is CCOc1ccc(N(CC(=O)N/N=C\c2ccc(Cl)c(Cl)c2)S(=O)(=O)c2ccccc2)cc1. The zero-order valence-corrected chi connectivity index (χ0v) is 19.9. The van der Waals surface area contributed by atoms with E-state index in [9.17, 15) is 13.2 Å². The molecule has 3 aromatic carbocycles. The Morgan fingerprint density at radius 2 is 1.73 bits per heavy atom. The van der Waals surface area contributed by atoms with E-state index < -0.39 is 22.5 Å². The second-order valence-corrected chi connectivity index (χ2v) is 9.40. The molecule has 0 saturated carbocycles. The topological polar surface area (TPSA) is 88.1 Å². The number of anilines is 1. The van der Waals surface area contributed by atoms with Gasteiger partial charge in [0.1, 0.15) is 12.3 Å². The third-order valence-corrected chi connectivity index (χ3v) is 6.93. The van der Waals surface area contributed by atoms with Crippen molar-refractivity contribution >= 4 is 51.0 Å². The van der Waals surface area contributed by atoms with Gasteiger partial charge in [-0.3, -0.25) is 9.10 Å². The average molecular weight is 506 g/mol. The molecule has 0 aliphatic heterocycles. The number of halogens is 2. The molecule has 0 spiro atoms. The van der Waals surface area contributed by atoms with Crippen molar-refractivity contribution in [2.45, 2.75) is 11.8 Å². The highest BCUT2D eigenvalue weighted by Crippen LogP contribution is 2.26. The van der Waals surface area contributed by atoms with E-state index >= 15 is 0 Å². The first-order valence-corrected chi connectivity index (χ1v) is 12.1. The Labute approximate surface area is 202 Å². The normalized spacial score (nSPS) is 11.4. The summed E-state index contributed by atoms with van der Waals surface area (Å²) in [7, 11) is -4.01. The molecule has 0 aromatic heterocycles. The minimum atomic E-state index is -4.01. The molecule has 0 fully saturated rings. The van der Waals surface area contributed by atoms with Crippen LogP contribution in [0.3, 0.4) is 0 Å². The Hall–Kier alpha value is -3.07. The fourth-order valence-electron chi connectivity index (χ4n) is 2.85. The highest BCUT2D eigenvalue weighted by atomic mass is 35.5. The monoisotopic (exact) mass is 505 g/mol. The van der Waals surface area contributed by atoms with Gasteiger partial charge in [-0.25, -0.2) is 13.8 Å². The van der Waals surface area contributed by atoms with Crippen LogP contribution in [0.2, 0.25) is 10.0 Å². The Bertz CT molecular complexity index is 1230. The second kappa shape index (κ2) is 11.2. The summed E-state index contributed by atoms with van der Waals surface area (Å²) >= 11 is 11.9. The van der Waals surface area contributed by atoms with E-state index in [2.05, 4.69) is 10.5 Å². The number of sulfonamides is 1. The third-order valence-electron chi connectivity index (χ3n) is 4.40. The van der Waals surface area contributed by atoms with E-state index in [-0.39, 0.29) is 4.90 Å². The van der Waals surface area contributed by atoms with E-state index in [1.165, 1.54) is 18.3 Å². The molecule has 1 N–H and O–H groups in total. The summed E-state index contributed by atoms with van der Waals surface area (Å²) in [4.78, 5) is 12.6. The lowest BCUT2D eigenvalue weighted by Gasteiger charge is -2.24. The van der Waals surface area contributed by atoms with E-state index in [1.54, 1.807) is 60.7 Å². The van der Waals surface area contributed by atoms with Gasteiger partial charge < -0.3 is 4.74 Å². The average Bonchev–Trinajstić information content (AvgIpc) is 2.81. The van der Waals surface area contributed by atoms with Gasteiger partial charge in [0, 0.05) is 0 Å². The minimum absolute atomic E-state index is 0.0611. The van der Waals surface area contributed by atoms with Crippen molar-refractivity contribution in [3.63, 3.8) is 0 Å². The maximum atomic E-state index is 13.3. The maximum Gasteiger partial charge on any atom is 0.264 e. The van der Waals surface area contributed by atoms with Crippen LogP contribution in [0.1, 0.15) is 12.5 Å².